The minimum absolute atomic E-state index is 0.0293. The fraction of sp³-hybridized carbons (Fsp3) is 0.333. The standard InChI is InChI=1S/C21H21ClF3N3O2/c22-18-10-9-16(12-17(18)21(23,24)25)28-20(30)27-15-7-4-13(5-8-15)6-11-19(29)26-14-2-1-3-14/h4-5,7-10,12,14H,1-3,6,11H2,(H,26,29)(H2,27,28,30). The van der Waals surface area contributed by atoms with Crippen LogP contribution in [-0.2, 0) is 17.4 Å². The van der Waals surface area contributed by atoms with Crippen molar-refractivity contribution < 1.29 is 22.8 Å². The van der Waals surface area contributed by atoms with Crippen LogP contribution in [0.2, 0.25) is 5.02 Å². The highest BCUT2D eigenvalue weighted by Crippen LogP contribution is 2.36. The van der Waals surface area contributed by atoms with Crippen LogP contribution in [0.25, 0.3) is 0 Å². The normalized spacial score (nSPS) is 14.0. The number of carbonyl (C=O) groups is 2. The van der Waals surface area contributed by atoms with Crippen LogP contribution in [0.3, 0.4) is 0 Å². The van der Waals surface area contributed by atoms with E-state index in [4.69, 9.17) is 11.6 Å². The van der Waals surface area contributed by atoms with Gasteiger partial charge in [0, 0.05) is 23.8 Å². The van der Waals surface area contributed by atoms with Crippen LogP contribution in [0.15, 0.2) is 42.5 Å². The molecule has 0 bridgehead atoms. The molecular weight excluding hydrogens is 419 g/mol. The van der Waals surface area contributed by atoms with Crippen molar-refractivity contribution in [1.82, 2.24) is 5.32 Å². The lowest BCUT2D eigenvalue weighted by atomic mass is 9.93. The van der Waals surface area contributed by atoms with E-state index in [-0.39, 0.29) is 11.6 Å². The molecule has 3 rings (SSSR count). The molecule has 0 unspecified atom stereocenters. The van der Waals surface area contributed by atoms with Crippen LogP contribution >= 0.6 is 11.6 Å². The van der Waals surface area contributed by atoms with Gasteiger partial charge in [-0.25, -0.2) is 4.79 Å². The third kappa shape index (κ3) is 6.13. The highest BCUT2D eigenvalue weighted by atomic mass is 35.5. The van der Waals surface area contributed by atoms with E-state index >= 15 is 0 Å². The van der Waals surface area contributed by atoms with E-state index in [0.29, 0.717) is 24.6 Å². The number of hydrogen-bond donors (Lipinski definition) is 3. The van der Waals surface area contributed by atoms with Crippen molar-refractivity contribution in [3.63, 3.8) is 0 Å². The molecule has 0 atom stereocenters. The van der Waals surface area contributed by atoms with Gasteiger partial charge in [0.1, 0.15) is 0 Å². The zero-order valence-electron chi connectivity index (χ0n) is 16.0. The Morgan fingerprint density at radius 2 is 1.63 bits per heavy atom. The van der Waals surface area contributed by atoms with Crippen molar-refractivity contribution in [3.8, 4) is 0 Å². The molecule has 3 amide bonds. The minimum atomic E-state index is -4.62. The molecule has 3 N–H and O–H groups in total. The highest BCUT2D eigenvalue weighted by Gasteiger charge is 2.33. The van der Waals surface area contributed by atoms with Crippen molar-refractivity contribution in [2.45, 2.75) is 44.3 Å². The highest BCUT2D eigenvalue weighted by molar-refractivity contribution is 6.31. The minimum Gasteiger partial charge on any atom is -0.353 e. The fourth-order valence-corrected chi connectivity index (χ4v) is 3.20. The molecule has 1 aliphatic carbocycles. The van der Waals surface area contributed by atoms with E-state index in [2.05, 4.69) is 16.0 Å². The number of benzene rings is 2. The van der Waals surface area contributed by atoms with E-state index in [1.807, 2.05) is 0 Å². The molecule has 1 fully saturated rings. The smallest absolute Gasteiger partial charge is 0.353 e. The average Bonchev–Trinajstić information content (AvgIpc) is 2.65. The number of aryl methyl sites for hydroxylation is 1. The molecule has 0 radical (unpaired) electrons. The van der Waals surface area contributed by atoms with Crippen LogP contribution < -0.4 is 16.0 Å². The number of rotatable bonds is 6. The molecule has 2 aromatic rings. The van der Waals surface area contributed by atoms with Crippen LogP contribution in [0.1, 0.15) is 36.8 Å². The largest absolute Gasteiger partial charge is 0.417 e. The van der Waals surface area contributed by atoms with Crippen molar-refractivity contribution in [1.29, 1.82) is 0 Å². The fourth-order valence-electron chi connectivity index (χ4n) is 2.98. The van der Waals surface area contributed by atoms with E-state index in [9.17, 15) is 22.8 Å². The number of hydrogen-bond acceptors (Lipinski definition) is 2. The molecule has 1 saturated carbocycles. The quantitative estimate of drug-likeness (QED) is 0.548. The van der Waals surface area contributed by atoms with Gasteiger partial charge in [0.25, 0.3) is 0 Å². The zero-order valence-corrected chi connectivity index (χ0v) is 16.7. The number of anilines is 2. The molecule has 9 heteroatoms. The molecule has 0 aliphatic heterocycles. The Bertz CT molecular complexity index is 913. The third-order valence-corrected chi connectivity index (χ3v) is 5.18. The summed E-state index contributed by atoms with van der Waals surface area (Å²) in [5.74, 6) is 0.0301. The molecule has 0 spiro atoms. The van der Waals surface area contributed by atoms with E-state index in [1.165, 1.54) is 6.07 Å². The maximum atomic E-state index is 12.9. The molecule has 5 nitrogen and oxygen atoms in total. The summed E-state index contributed by atoms with van der Waals surface area (Å²) in [5, 5.41) is 7.45. The number of amides is 3. The number of alkyl halides is 3. The van der Waals surface area contributed by atoms with Gasteiger partial charge in [-0.1, -0.05) is 23.7 Å². The van der Waals surface area contributed by atoms with E-state index in [1.54, 1.807) is 24.3 Å². The summed E-state index contributed by atoms with van der Waals surface area (Å²) < 4.78 is 38.7. The predicted octanol–water partition coefficient (Wildman–Crippen LogP) is 5.60. The van der Waals surface area contributed by atoms with E-state index in [0.717, 1.165) is 37.0 Å². The van der Waals surface area contributed by atoms with Gasteiger partial charge in [0.15, 0.2) is 0 Å². The maximum absolute atomic E-state index is 12.9. The van der Waals surface area contributed by atoms with Gasteiger partial charge < -0.3 is 16.0 Å². The van der Waals surface area contributed by atoms with Crippen molar-refractivity contribution in [2.75, 3.05) is 10.6 Å². The van der Waals surface area contributed by atoms with Gasteiger partial charge in [-0.2, -0.15) is 13.2 Å². The first-order valence-corrected chi connectivity index (χ1v) is 9.91. The van der Waals surface area contributed by atoms with Crippen molar-refractivity contribution >= 4 is 34.9 Å². The second-order valence-electron chi connectivity index (χ2n) is 7.16. The summed E-state index contributed by atoms with van der Waals surface area (Å²) in [6.07, 6.45) is -0.397. The van der Waals surface area contributed by atoms with Gasteiger partial charge >= 0.3 is 12.2 Å². The second kappa shape index (κ2) is 9.38. The first-order valence-electron chi connectivity index (χ1n) is 9.54. The number of nitrogens with one attached hydrogen (secondary N) is 3. The molecule has 2 aromatic carbocycles. The summed E-state index contributed by atoms with van der Waals surface area (Å²) in [6, 6.07) is 9.69. The van der Waals surface area contributed by atoms with Crippen LogP contribution in [0.5, 0.6) is 0 Å². The topological polar surface area (TPSA) is 70.2 Å². The summed E-state index contributed by atoms with van der Waals surface area (Å²) in [7, 11) is 0. The molecule has 1 aliphatic rings. The molecule has 160 valence electrons. The lowest BCUT2D eigenvalue weighted by Crippen LogP contribution is -2.39. The summed E-state index contributed by atoms with van der Waals surface area (Å²) in [4.78, 5) is 23.9. The lowest BCUT2D eigenvalue weighted by molar-refractivity contribution is -0.137. The Kier molecular flexibility index (Phi) is 6.87. The molecule has 30 heavy (non-hydrogen) atoms. The van der Waals surface area contributed by atoms with E-state index < -0.39 is 22.8 Å². The Labute approximate surface area is 177 Å². The summed E-state index contributed by atoms with van der Waals surface area (Å²) >= 11 is 5.57. The summed E-state index contributed by atoms with van der Waals surface area (Å²) in [6.45, 7) is 0. The van der Waals surface area contributed by atoms with Gasteiger partial charge in [0.05, 0.1) is 10.6 Å². The Hall–Kier alpha value is -2.74. The Balaban J connectivity index is 1.50. The van der Waals surface area contributed by atoms with Crippen LogP contribution in [0, 0.1) is 0 Å². The SMILES string of the molecule is O=C(CCc1ccc(NC(=O)Nc2ccc(Cl)c(C(F)(F)F)c2)cc1)NC1CCC1. The monoisotopic (exact) mass is 439 g/mol. The maximum Gasteiger partial charge on any atom is 0.417 e. The van der Waals surface area contributed by atoms with Gasteiger partial charge in [-0.05, 0) is 61.6 Å². The van der Waals surface area contributed by atoms with Gasteiger partial charge in [-0.3, -0.25) is 4.79 Å². The summed E-state index contributed by atoms with van der Waals surface area (Å²) in [5.41, 5.74) is 0.364. The van der Waals surface area contributed by atoms with Crippen LogP contribution in [0.4, 0.5) is 29.3 Å². The predicted molar refractivity (Wildman–Crippen MR) is 110 cm³/mol. The molecule has 0 saturated heterocycles. The lowest BCUT2D eigenvalue weighted by Gasteiger charge is -2.26. The second-order valence-corrected chi connectivity index (χ2v) is 7.57. The Morgan fingerprint density at radius 3 is 2.23 bits per heavy atom. The van der Waals surface area contributed by atoms with Gasteiger partial charge in [-0.15, -0.1) is 0 Å². The van der Waals surface area contributed by atoms with Crippen molar-refractivity contribution in [2.24, 2.45) is 0 Å². The number of urea groups is 1. The average molecular weight is 440 g/mol. The first kappa shape index (κ1) is 22.0. The zero-order chi connectivity index (χ0) is 21.7. The number of carbonyl (C=O) groups excluding carboxylic acids is 2. The third-order valence-electron chi connectivity index (χ3n) is 4.85. The first-order chi connectivity index (χ1) is 14.2. The number of halogens is 4. The molecular formula is C21H21ClF3N3O2. The van der Waals surface area contributed by atoms with Crippen molar-refractivity contribution in [3.05, 3.63) is 58.6 Å². The van der Waals surface area contributed by atoms with Gasteiger partial charge in [0.2, 0.25) is 5.91 Å². The Morgan fingerprint density at radius 1 is 1.00 bits per heavy atom. The van der Waals surface area contributed by atoms with Crippen LogP contribution in [-0.4, -0.2) is 18.0 Å². The molecule has 0 aromatic heterocycles. The molecule has 0 heterocycles.